The van der Waals surface area contributed by atoms with E-state index in [0.29, 0.717) is 13.2 Å². The molecule has 3 heteroatoms. The molecule has 0 atom stereocenters. The molecule has 0 saturated heterocycles. The average molecular weight is 210 g/mol. The number of hydrogen-bond donors (Lipinski definition) is 0. The van der Waals surface area contributed by atoms with Gasteiger partial charge in [-0.2, -0.15) is 0 Å². The van der Waals surface area contributed by atoms with Gasteiger partial charge in [0.2, 0.25) is 0 Å². The standard InChI is InChI=1S/C11H18O2Si/c1-3-12-10-7-5-6-9(8-14)11(10)13-4-2/h5-7H,3-4,8H2,1-2,14H3. The van der Waals surface area contributed by atoms with Gasteiger partial charge in [-0.25, -0.2) is 0 Å². The Morgan fingerprint density at radius 1 is 1.14 bits per heavy atom. The van der Waals surface area contributed by atoms with Crippen molar-refractivity contribution in [3.8, 4) is 11.5 Å². The average Bonchev–Trinajstić information content (AvgIpc) is 2.21. The van der Waals surface area contributed by atoms with Crippen LogP contribution in [0.2, 0.25) is 0 Å². The fraction of sp³-hybridized carbons (Fsp3) is 0.455. The molecule has 1 aromatic carbocycles. The minimum Gasteiger partial charge on any atom is -0.490 e. The topological polar surface area (TPSA) is 18.5 Å². The molecule has 2 nitrogen and oxygen atoms in total. The Balaban J connectivity index is 3.00. The summed E-state index contributed by atoms with van der Waals surface area (Å²) in [7, 11) is 1.15. The summed E-state index contributed by atoms with van der Waals surface area (Å²) < 4.78 is 11.1. The number of ether oxygens (including phenoxy) is 2. The fourth-order valence-corrected chi connectivity index (χ4v) is 1.97. The van der Waals surface area contributed by atoms with Gasteiger partial charge in [0.05, 0.1) is 13.2 Å². The predicted molar refractivity (Wildman–Crippen MR) is 62.4 cm³/mol. The van der Waals surface area contributed by atoms with E-state index < -0.39 is 0 Å². The van der Waals surface area contributed by atoms with Crippen molar-refractivity contribution in [2.24, 2.45) is 0 Å². The molecule has 0 aliphatic carbocycles. The molecule has 1 aromatic rings. The molecule has 0 aromatic heterocycles. The molecular weight excluding hydrogens is 192 g/mol. The molecular formula is C11H18O2Si. The SMILES string of the molecule is CCOc1cccc(C[SiH3])c1OCC. The summed E-state index contributed by atoms with van der Waals surface area (Å²) in [6.07, 6.45) is 0. The van der Waals surface area contributed by atoms with Crippen LogP contribution in [0.4, 0.5) is 0 Å². The Labute approximate surface area is 88.7 Å². The fourth-order valence-electron chi connectivity index (χ4n) is 1.42. The maximum Gasteiger partial charge on any atom is 0.163 e. The monoisotopic (exact) mass is 210 g/mol. The molecule has 0 unspecified atom stereocenters. The molecule has 14 heavy (non-hydrogen) atoms. The zero-order valence-corrected chi connectivity index (χ0v) is 11.2. The second-order valence-corrected chi connectivity index (χ2v) is 3.67. The van der Waals surface area contributed by atoms with Gasteiger partial charge in [0.25, 0.3) is 0 Å². The molecule has 1 rings (SSSR count). The first-order chi connectivity index (χ1) is 6.83. The van der Waals surface area contributed by atoms with E-state index in [2.05, 4.69) is 6.07 Å². The lowest BCUT2D eigenvalue weighted by atomic mass is 10.2. The minimum atomic E-state index is 0.685. The van der Waals surface area contributed by atoms with Crippen molar-refractivity contribution in [2.45, 2.75) is 19.9 Å². The van der Waals surface area contributed by atoms with Crippen molar-refractivity contribution in [1.82, 2.24) is 0 Å². The van der Waals surface area contributed by atoms with Gasteiger partial charge in [-0.1, -0.05) is 12.1 Å². The highest BCUT2D eigenvalue weighted by molar-refractivity contribution is 6.08. The highest BCUT2D eigenvalue weighted by Gasteiger charge is 2.08. The summed E-state index contributed by atoms with van der Waals surface area (Å²) in [5.74, 6) is 1.81. The number of hydrogen-bond acceptors (Lipinski definition) is 2. The third-order valence-electron chi connectivity index (χ3n) is 2.03. The molecule has 0 fully saturated rings. The van der Waals surface area contributed by atoms with Crippen molar-refractivity contribution < 1.29 is 9.47 Å². The van der Waals surface area contributed by atoms with E-state index in [9.17, 15) is 0 Å². The quantitative estimate of drug-likeness (QED) is 0.683. The van der Waals surface area contributed by atoms with E-state index in [0.717, 1.165) is 27.8 Å². The van der Waals surface area contributed by atoms with Crippen molar-refractivity contribution in [3.05, 3.63) is 23.8 Å². The van der Waals surface area contributed by atoms with E-state index in [4.69, 9.17) is 9.47 Å². The number of rotatable bonds is 5. The van der Waals surface area contributed by atoms with Crippen LogP contribution in [0, 0.1) is 0 Å². The lowest BCUT2D eigenvalue weighted by Crippen LogP contribution is -2.01. The first kappa shape index (κ1) is 11.1. The van der Waals surface area contributed by atoms with Gasteiger partial charge < -0.3 is 9.47 Å². The van der Waals surface area contributed by atoms with Crippen LogP contribution >= 0.6 is 0 Å². The molecule has 0 aliphatic heterocycles. The zero-order chi connectivity index (χ0) is 10.4. The van der Waals surface area contributed by atoms with Gasteiger partial charge in [-0.05, 0) is 31.5 Å². The number of benzene rings is 1. The molecule has 0 N–H and O–H groups in total. The van der Waals surface area contributed by atoms with E-state index in [1.165, 1.54) is 5.56 Å². The maximum absolute atomic E-state index is 5.61. The maximum atomic E-state index is 5.61. The summed E-state index contributed by atoms with van der Waals surface area (Å²) in [6.45, 7) is 5.37. The Morgan fingerprint density at radius 2 is 1.86 bits per heavy atom. The molecule has 78 valence electrons. The van der Waals surface area contributed by atoms with Crippen LogP contribution in [0.15, 0.2) is 18.2 Å². The van der Waals surface area contributed by atoms with Gasteiger partial charge >= 0.3 is 0 Å². The molecule has 0 spiro atoms. The highest BCUT2D eigenvalue weighted by atomic mass is 28.1. The zero-order valence-electron chi connectivity index (χ0n) is 9.17. The third kappa shape index (κ3) is 2.51. The van der Waals surface area contributed by atoms with Gasteiger partial charge in [-0.15, -0.1) is 0 Å². The smallest absolute Gasteiger partial charge is 0.163 e. The van der Waals surface area contributed by atoms with Crippen molar-refractivity contribution in [2.75, 3.05) is 13.2 Å². The molecule has 0 saturated carbocycles. The van der Waals surface area contributed by atoms with E-state index in [-0.39, 0.29) is 0 Å². The molecule has 0 radical (unpaired) electrons. The van der Waals surface area contributed by atoms with Gasteiger partial charge in [0, 0.05) is 10.2 Å². The Kier molecular flexibility index (Phi) is 4.53. The third-order valence-corrected chi connectivity index (χ3v) is 2.79. The van der Waals surface area contributed by atoms with E-state index in [1.807, 2.05) is 26.0 Å². The van der Waals surface area contributed by atoms with Gasteiger partial charge in [-0.3, -0.25) is 0 Å². The normalized spacial score (nSPS) is 10.1. The van der Waals surface area contributed by atoms with Crippen LogP contribution in [0.3, 0.4) is 0 Å². The van der Waals surface area contributed by atoms with Crippen LogP contribution in [0.1, 0.15) is 19.4 Å². The highest BCUT2D eigenvalue weighted by Crippen LogP contribution is 2.31. The predicted octanol–water partition coefficient (Wildman–Crippen LogP) is 1.35. The molecule has 0 bridgehead atoms. The molecule has 0 aliphatic rings. The van der Waals surface area contributed by atoms with E-state index >= 15 is 0 Å². The summed E-state index contributed by atoms with van der Waals surface area (Å²) in [5, 5.41) is 0. The van der Waals surface area contributed by atoms with Crippen LogP contribution in [0.5, 0.6) is 11.5 Å². The Bertz CT molecular complexity index is 287. The van der Waals surface area contributed by atoms with Gasteiger partial charge in [0.1, 0.15) is 0 Å². The molecule has 0 heterocycles. The Morgan fingerprint density at radius 3 is 2.43 bits per heavy atom. The van der Waals surface area contributed by atoms with Crippen LogP contribution in [-0.4, -0.2) is 23.5 Å². The largest absolute Gasteiger partial charge is 0.490 e. The van der Waals surface area contributed by atoms with Crippen LogP contribution in [-0.2, 0) is 6.04 Å². The first-order valence-corrected chi connectivity index (χ1v) is 6.62. The summed E-state index contributed by atoms with van der Waals surface area (Å²) >= 11 is 0. The lowest BCUT2D eigenvalue weighted by Gasteiger charge is -2.13. The lowest BCUT2D eigenvalue weighted by molar-refractivity contribution is 0.286. The second kappa shape index (κ2) is 5.70. The minimum absolute atomic E-state index is 0.685. The van der Waals surface area contributed by atoms with Crippen LogP contribution < -0.4 is 9.47 Å². The van der Waals surface area contributed by atoms with Crippen LogP contribution in [0.25, 0.3) is 0 Å². The Hall–Kier alpha value is -0.963. The van der Waals surface area contributed by atoms with Crippen molar-refractivity contribution >= 4 is 10.2 Å². The first-order valence-electron chi connectivity index (χ1n) is 5.20. The summed E-state index contributed by atoms with van der Waals surface area (Å²) in [4.78, 5) is 0. The van der Waals surface area contributed by atoms with Crippen molar-refractivity contribution in [3.63, 3.8) is 0 Å². The van der Waals surface area contributed by atoms with E-state index in [1.54, 1.807) is 0 Å². The molecule has 0 amide bonds. The number of para-hydroxylation sites is 1. The second-order valence-electron chi connectivity index (χ2n) is 2.96. The summed E-state index contributed by atoms with van der Waals surface area (Å²) in [5.41, 5.74) is 1.27. The van der Waals surface area contributed by atoms with Crippen molar-refractivity contribution in [1.29, 1.82) is 0 Å². The van der Waals surface area contributed by atoms with Gasteiger partial charge in [0.15, 0.2) is 11.5 Å². The summed E-state index contributed by atoms with van der Waals surface area (Å²) in [6, 6.07) is 7.21.